The summed E-state index contributed by atoms with van der Waals surface area (Å²) in [4.78, 5) is 0.656. The molecule has 4 heteroatoms. The van der Waals surface area contributed by atoms with Crippen LogP contribution >= 0.6 is 22.9 Å². The lowest BCUT2D eigenvalue weighted by Gasteiger charge is -1.95. The fourth-order valence-electron chi connectivity index (χ4n) is 1.20. The number of fused-ring (bicyclic) bond motifs is 1. The van der Waals surface area contributed by atoms with Gasteiger partial charge in [0.15, 0.2) is 0 Å². The molecular formula is C9H5ClN2S. The molecule has 1 aromatic heterocycles. The van der Waals surface area contributed by atoms with E-state index in [1.165, 1.54) is 11.3 Å². The van der Waals surface area contributed by atoms with Crippen LogP contribution in [0.15, 0.2) is 18.2 Å². The molecule has 0 aliphatic carbocycles. The highest BCUT2D eigenvalue weighted by atomic mass is 35.5. The topological polar surface area (TPSA) is 49.8 Å². The summed E-state index contributed by atoms with van der Waals surface area (Å²) in [6, 6.07) is 7.38. The Morgan fingerprint density at radius 1 is 1.38 bits per heavy atom. The van der Waals surface area contributed by atoms with Crippen molar-refractivity contribution in [2.24, 2.45) is 0 Å². The molecule has 0 fully saturated rings. The van der Waals surface area contributed by atoms with E-state index in [0.29, 0.717) is 15.6 Å². The van der Waals surface area contributed by atoms with E-state index >= 15 is 0 Å². The van der Waals surface area contributed by atoms with Gasteiger partial charge in [-0.2, -0.15) is 5.26 Å². The first kappa shape index (κ1) is 8.36. The number of thiophene rings is 1. The number of halogens is 1. The Balaban J connectivity index is 2.84. The normalized spacial score (nSPS) is 10.2. The molecule has 2 aromatic rings. The Morgan fingerprint density at radius 3 is 2.85 bits per heavy atom. The zero-order valence-corrected chi connectivity index (χ0v) is 8.12. The summed E-state index contributed by atoms with van der Waals surface area (Å²) in [6.07, 6.45) is 0. The van der Waals surface area contributed by atoms with Gasteiger partial charge < -0.3 is 5.73 Å². The molecular weight excluding hydrogens is 204 g/mol. The standard InChI is InChI=1S/C9H5ClN2S/c10-6-1-5-2-7(4-11)13-9(5)8(12)3-6/h1-3H,12H2. The second-order valence-corrected chi connectivity index (χ2v) is 4.12. The monoisotopic (exact) mass is 208 g/mol. The molecule has 64 valence electrons. The van der Waals surface area contributed by atoms with E-state index in [4.69, 9.17) is 22.6 Å². The van der Waals surface area contributed by atoms with Crippen LogP contribution in [0.4, 0.5) is 5.69 Å². The van der Waals surface area contributed by atoms with E-state index in [2.05, 4.69) is 6.07 Å². The smallest absolute Gasteiger partial charge is 0.110 e. The fourth-order valence-corrected chi connectivity index (χ4v) is 2.30. The summed E-state index contributed by atoms with van der Waals surface area (Å²) in [7, 11) is 0. The molecule has 0 aliphatic heterocycles. The maximum atomic E-state index is 8.69. The van der Waals surface area contributed by atoms with Crippen LogP contribution in [0.1, 0.15) is 4.88 Å². The van der Waals surface area contributed by atoms with Crippen molar-refractivity contribution in [3.8, 4) is 6.07 Å². The second kappa shape index (κ2) is 2.91. The molecule has 0 bridgehead atoms. The Labute approximate surface area is 84.2 Å². The minimum atomic E-state index is 0.604. The van der Waals surface area contributed by atoms with Gasteiger partial charge in [-0.1, -0.05) is 11.6 Å². The Hall–Kier alpha value is -1.24. The van der Waals surface area contributed by atoms with Gasteiger partial charge in [0, 0.05) is 5.02 Å². The summed E-state index contributed by atoms with van der Waals surface area (Å²) in [5.41, 5.74) is 6.37. The number of benzene rings is 1. The van der Waals surface area contributed by atoms with E-state index in [9.17, 15) is 0 Å². The van der Waals surface area contributed by atoms with E-state index < -0.39 is 0 Å². The van der Waals surface area contributed by atoms with Crippen molar-refractivity contribution in [2.75, 3.05) is 5.73 Å². The summed E-state index contributed by atoms with van der Waals surface area (Å²) in [6.45, 7) is 0. The lowest BCUT2D eigenvalue weighted by Crippen LogP contribution is -1.83. The van der Waals surface area contributed by atoms with Crippen LogP contribution in [-0.4, -0.2) is 0 Å². The lowest BCUT2D eigenvalue weighted by atomic mass is 10.2. The predicted octanol–water partition coefficient (Wildman–Crippen LogP) is 3.01. The van der Waals surface area contributed by atoms with Crippen LogP contribution in [0.25, 0.3) is 10.1 Å². The zero-order chi connectivity index (χ0) is 9.42. The fraction of sp³-hybridized carbons (Fsp3) is 0. The van der Waals surface area contributed by atoms with Crippen LogP contribution < -0.4 is 5.73 Å². The average Bonchev–Trinajstić information content (AvgIpc) is 2.47. The van der Waals surface area contributed by atoms with Gasteiger partial charge in [0.05, 0.1) is 10.4 Å². The third kappa shape index (κ3) is 1.35. The molecule has 0 aliphatic rings. The maximum Gasteiger partial charge on any atom is 0.110 e. The highest BCUT2D eigenvalue weighted by Gasteiger charge is 2.05. The first-order chi connectivity index (χ1) is 6.20. The number of nitrogens with two attached hydrogens (primary N) is 1. The van der Waals surface area contributed by atoms with Crippen LogP contribution in [0.5, 0.6) is 0 Å². The van der Waals surface area contributed by atoms with Crippen molar-refractivity contribution < 1.29 is 0 Å². The highest BCUT2D eigenvalue weighted by Crippen LogP contribution is 2.32. The molecule has 13 heavy (non-hydrogen) atoms. The molecule has 0 saturated carbocycles. The van der Waals surface area contributed by atoms with Gasteiger partial charge in [-0.15, -0.1) is 11.3 Å². The Morgan fingerprint density at radius 2 is 2.15 bits per heavy atom. The number of nitriles is 1. The van der Waals surface area contributed by atoms with E-state index in [0.717, 1.165) is 10.1 Å². The van der Waals surface area contributed by atoms with Gasteiger partial charge in [-0.3, -0.25) is 0 Å². The van der Waals surface area contributed by atoms with Crippen molar-refractivity contribution in [1.82, 2.24) is 0 Å². The SMILES string of the molecule is N#Cc1cc2cc(Cl)cc(N)c2s1. The summed E-state index contributed by atoms with van der Waals surface area (Å²) >= 11 is 7.21. The molecule has 2 N–H and O–H groups in total. The largest absolute Gasteiger partial charge is 0.398 e. The first-order valence-electron chi connectivity index (χ1n) is 3.59. The average molecular weight is 209 g/mol. The molecule has 0 radical (unpaired) electrons. The Bertz CT molecular complexity index is 510. The van der Waals surface area contributed by atoms with Crippen LogP contribution in [0.2, 0.25) is 5.02 Å². The molecule has 0 atom stereocenters. The molecule has 0 unspecified atom stereocenters. The van der Waals surface area contributed by atoms with Crippen LogP contribution in [0, 0.1) is 11.3 Å². The molecule has 1 aromatic carbocycles. The molecule has 1 heterocycles. The molecule has 0 spiro atoms. The van der Waals surface area contributed by atoms with Gasteiger partial charge in [0.2, 0.25) is 0 Å². The summed E-state index contributed by atoms with van der Waals surface area (Å²) in [5, 5.41) is 10.2. The van der Waals surface area contributed by atoms with Crippen molar-refractivity contribution >= 4 is 38.7 Å². The number of anilines is 1. The van der Waals surface area contributed by atoms with Gasteiger partial charge in [-0.25, -0.2) is 0 Å². The summed E-state index contributed by atoms with van der Waals surface area (Å²) in [5.74, 6) is 0. The third-order valence-corrected chi connectivity index (χ3v) is 3.04. The Kier molecular flexibility index (Phi) is 1.87. The minimum absolute atomic E-state index is 0.604. The van der Waals surface area contributed by atoms with Gasteiger partial charge in [0.1, 0.15) is 10.9 Å². The van der Waals surface area contributed by atoms with Crippen LogP contribution in [0.3, 0.4) is 0 Å². The number of rotatable bonds is 0. The molecule has 2 rings (SSSR count). The van der Waals surface area contributed by atoms with E-state index in [1.807, 2.05) is 6.07 Å². The van der Waals surface area contributed by atoms with Crippen molar-refractivity contribution in [1.29, 1.82) is 5.26 Å². The quantitative estimate of drug-likeness (QED) is 0.677. The third-order valence-electron chi connectivity index (χ3n) is 1.72. The summed E-state index contributed by atoms with van der Waals surface area (Å²) < 4.78 is 0.931. The van der Waals surface area contributed by atoms with Gasteiger partial charge >= 0.3 is 0 Å². The predicted molar refractivity (Wildman–Crippen MR) is 56.0 cm³/mol. The molecule has 0 saturated heterocycles. The first-order valence-corrected chi connectivity index (χ1v) is 4.79. The van der Waals surface area contributed by atoms with E-state index in [-0.39, 0.29) is 0 Å². The zero-order valence-electron chi connectivity index (χ0n) is 6.54. The van der Waals surface area contributed by atoms with Gasteiger partial charge in [0.25, 0.3) is 0 Å². The minimum Gasteiger partial charge on any atom is -0.398 e. The van der Waals surface area contributed by atoms with Gasteiger partial charge in [-0.05, 0) is 23.6 Å². The van der Waals surface area contributed by atoms with E-state index in [1.54, 1.807) is 12.1 Å². The number of hydrogen-bond donors (Lipinski definition) is 1. The lowest BCUT2D eigenvalue weighted by molar-refractivity contribution is 1.52. The highest BCUT2D eigenvalue weighted by molar-refractivity contribution is 7.20. The molecule has 0 amide bonds. The number of nitrogens with zero attached hydrogens (tertiary/aromatic N) is 1. The molecule has 2 nitrogen and oxygen atoms in total. The van der Waals surface area contributed by atoms with Crippen molar-refractivity contribution in [2.45, 2.75) is 0 Å². The number of hydrogen-bond acceptors (Lipinski definition) is 3. The second-order valence-electron chi connectivity index (χ2n) is 2.64. The number of nitrogen functional groups attached to an aromatic ring is 1. The maximum absolute atomic E-state index is 8.69. The van der Waals surface area contributed by atoms with Crippen molar-refractivity contribution in [3.05, 3.63) is 28.1 Å². The van der Waals surface area contributed by atoms with Crippen molar-refractivity contribution in [3.63, 3.8) is 0 Å². The van der Waals surface area contributed by atoms with Crippen LogP contribution in [-0.2, 0) is 0 Å².